The summed E-state index contributed by atoms with van der Waals surface area (Å²) in [5.74, 6) is -0.371. The number of rotatable bonds is 4. The molecule has 132 valence electrons. The van der Waals surface area contributed by atoms with E-state index in [1.54, 1.807) is 12.1 Å². The van der Waals surface area contributed by atoms with Crippen LogP contribution in [0.15, 0.2) is 54.6 Å². The maximum Gasteiger partial charge on any atom is 0.253 e. The fourth-order valence-corrected chi connectivity index (χ4v) is 2.62. The van der Waals surface area contributed by atoms with Crippen LogP contribution in [0.1, 0.15) is 15.9 Å². The van der Waals surface area contributed by atoms with E-state index in [1.165, 1.54) is 0 Å². The van der Waals surface area contributed by atoms with Gasteiger partial charge in [-0.15, -0.1) is 0 Å². The lowest BCUT2D eigenvalue weighted by Gasteiger charge is -2.28. The monoisotopic (exact) mass is 415 g/mol. The summed E-state index contributed by atoms with van der Waals surface area (Å²) in [6.45, 7) is 1.83. The molecule has 2 rings (SSSR count). The summed E-state index contributed by atoms with van der Waals surface area (Å²) in [6, 6.07) is 16.4. The predicted octanol–water partition coefficient (Wildman–Crippen LogP) is 4.41. The lowest BCUT2D eigenvalue weighted by Crippen LogP contribution is -2.56. The molecule has 1 atom stereocenters. The summed E-state index contributed by atoms with van der Waals surface area (Å²) in [5, 5.41) is 8.65. The quantitative estimate of drug-likeness (QED) is 0.393. The third-order valence-corrected chi connectivity index (χ3v) is 4.17. The van der Waals surface area contributed by atoms with Crippen LogP contribution in [0.4, 0.5) is 5.69 Å². The molecule has 2 aromatic rings. The molecule has 0 aromatic heterocycles. The number of hydrogen-bond acceptors (Lipinski definition) is 2. The van der Waals surface area contributed by atoms with Crippen molar-refractivity contribution < 1.29 is 4.79 Å². The Morgan fingerprint density at radius 2 is 1.60 bits per heavy atom. The number of nitrogens with one attached hydrogen (secondary N) is 3. The van der Waals surface area contributed by atoms with Crippen LogP contribution in [0.5, 0.6) is 0 Å². The zero-order valence-corrected chi connectivity index (χ0v) is 16.3. The van der Waals surface area contributed by atoms with Gasteiger partial charge < -0.3 is 16.0 Å². The van der Waals surface area contributed by atoms with Crippen molar-refractivity contribution in [3.8, 4) is 0 Å². The summed E-state index contributed by atoms with van der Waals surface area (Å²) in [4.78, 5) is 12.5. The molecule has 2 aromatic carbocycles. The van der Waals surface area contributed by atoms with Crippen molar-refractivity contribution >= 4 is 63.7 Å². The minimum atomic E-state index is -1.80. The van der Waals surface area contributed by atoms with Gasteiger partial charge in [0.05, 0.1) is 0 Å². The standard InChI is InChI=1S/C17H16Cl3N3OS/c1-11-7-5-6-10-13(11)14(24)22-15(17(18,19)20)23-16(25)21-12-8-3-2-4-9-12/h2-10,15H,1H3,(H,22,24)(H2,21,23,25). The Bertz CT molecular complexity index is 750. The van der Waals surface area contributed by atoms with Crippen LogP contribution in [0.3, 0.4) is 0 Å². The molecule has 1 amide bonds. The zero-order valence-electron chi connectivity index (χ0n) is 13.2. The lowest BCUT2D eigenvalue weighted by molar-refractivity contribution is 0.0934. The molecule has 8 heteroatoms. The summed E-state index contributed by atoms with van der Waals surface area (Å²) in [6.07, 6.45) is -1.02. The average Bonchev–Trinajstić information content (AvgIpc) is 2.54. The van der Waals surface area contributed by atoms with Crippen molar-refractivity contribution in [3.05, 3.63) is 65.7 Å². The summed E-state index contributed by atoms with van der Waals surface area (Å²) in [5.41, 5.74) is 2.08. The number of anilines is 1. The molecule has 0 aliphatic heterocycles. The van der Waals surface area contributed by atoms with E-state index in [-0.39, 0.29) is 11.0 Å². The van der Waals surface area contributed by atoms with E-state index in [9.17, 15) is 4.79 Å². The molecule has 4 nitrogen and oxygen atoms in total. The number of para-hydroxylation sites is 1. The predicted molar refractivity (Wildman–Crippen MR) is 109 cm³/mol. The van der Waals surface area contributed by atoms with Crippen molar-refractivity contribution in [2.45, 2.75) is 16.9 Å². The molecule has 0 heterocycles. The Morgan fingerprint density at radius 3 is 2.20 bits per heavy atom. The van der Waals surface area contributed by atoms with E-state index in [2.05, 4.69) is 16.0 Å². The highest BCUT2D eigenvalue weighted by Gasteiger charge is 2.35. The lowest BCUT2D eigenvalue weighted by atomic mass is 10.1. The Labute approximate surface area is 166 Å². The first-order valence-electron chi connectivity index (χ1n) is 7.33. The second-order valence-corrected chi connectivity index (χ2v) is 8.00. The molecule has 1 unspecified atom stereocenters. The van der Waals surface area contributed by atoms with Gasteiger partial charge in [0, 0.05) is 11.3 Å². The summed E-state index contributed by atoms with van der Waals surface area (Å²) < 4.78 is -1.80. The molecule has 0 bridgehead atoms. The van der Waals surface area contributed by atoms with E-state index >= 15 is 0 Å². The van der Waals surface area contributed by atoms with Crippen LogP contribution in [0.25, 0.3) is 0 Å². The molecule has 0 saturated heterocycles. The van der Waals surface area contributed by atoms with Gasteiger partial charge in [-0.1, -0.05) is 71.2 Å². The molecule has 0 saturated carbocycles. The van der Waals surface area contributed by atoms with Gasteiger partial charge in [0.1, 0.15) is 6.17 Å². The van der Waals surface area contributed by atoms with Crippen molar-refractivity contribution in [3.63, 3.8) is 0 Å². The second-order valence-electron chi connectivity index (χ2n) is 5.23. The van der Waals surface area contributed by atoms with Crippen LogP contribution in [0, 0.1) is 6.92 Å². The first-order chi connectivity index (χ1) is 11.8. The fourth-order valence-electron chi connectivity index (χ4n) is 2.06. The summed E-state index contributed by atoms with van der Waals surface area (Å²) in [7, 11) is 0. The number of benzene rings is 2. The molecule has 0 aliphatic rings. The Kier molecular flexibility index (Phi) is 6.90. The van der Waals surface area contributed by atoms with Gasteiger partial charge in [0.15, 0.2) is 5.11 Å². The van der Waals surface area contributed by atoms with E-state index in [0.717, 1.165) is 11.3 Å². The third-order valence-electron chi connectivity index (χ3n) is 3.30. The molecule has 0 fully saturated rings. The van der Waals surface area contributed by atoms with Crippen molar-refractivity contribution in [1.29, 1.82) is 0 Å². The molecule has 0 radical (unpaired) electrons. The highest BCUT2D eigenvalue weighted by atomic mass is 35.6. The first kappa shape index (κ1) is 19.8. The maximum atomic E-state index is 12.5. The highest BCUT2D eigenvalue weighted by Crippen LogP contribution is 2.29. The van der Waals surface area contributed by atoms with E-state index in [1.807, 2.05) is 49.4 Å². The minimum Gasteiger partial charge on any atom is -0.339 e. The van der Waals surface area contributed by atoms with Crippen LogP contribution in [-0.4, -0.2) is 21.0 Å². The Balaban J connectivity index is 2.08. The highest BCUT2D eigenvalue weighted by molar-refractivity contribution is 7.80. The van der Waals surface area contributed by atoms with Crippen LogP contribution < -0.4 is 16.0 Å². The van der Waals surface area contributed by atoms with E-state index < -0.39 is 9.96 Å². The molecular weight excluding hydrogens is 401 g/mol. The number of carbonyl (C=O) groups is 1. The number of thiocarbonyl (C=S) groups is 1. The SMILES string of the molecule is Cc1ccccc1C(=O)NC(NC(=S)Nc1ccccc1)C(Cl)(Cl)Cl. The average molecular weight is 417 g/mol. The van der Waals surface area contributed by atoms with Crippen LogP contribution >= 0.6 is 47.0 Å². The topological polar surface area (TPSA) is 53.2 Å². The fraction of sp³-hybridized carbons (Fsp3) is 0.176. The number of hydrogen-bond donors (Lipinski definition) is 3. The number of carbonyl (C=O) groups excluding carboxylic acids is 1. The van der Waals surface area contributed by atoms with Gasteiger partial charge in [-0.2, -0.15) is 0 Å². The normalized spacial score (nSPS) is 12.2. The van der Waals surface area contributed by atoms with Gasteiger partial charge in [0.25, 0.3) is 5.91 Å². The van der Waals surface area contributed by atoms with Crippen LogP contribution in [0.2, 0.25) is 0 Å². The Morgan fingerprint density at radius 1 is 1.00 bits per heavy atom. The molecule has 3 N–H and O–H groups in total. The largest absolute Gasteiger partial charge is 0.339 e. The van der Waals surface area contributed by atoms with Crippen LogP contribution in [-0.2, 0) is 0 Å². The molecule has 0 spiro atoms. The molecule has 25 heavy (non-hydrogen) atoms. The number of halogens is 3. The zero-order chi connectivity index (χ0) is 18.4. The van der Waals surface area contributed by atoms with Gasteiger partial charge in [-0.3, -0.25) is 4.79 Å². The number of aryl methyl sites for hydroxylation is 1. The second kappa shape index (κ2) is 8.72. The van der Waals surface area contributed by atoms with Crippen molar-refractivity contribution in [2.24, 2.45) is 0 Å². The molecular formula is C17H16Cl3N3OS. The first-order valence-corrected chi connectivity index (χ1v) is 8.87. The number of alkyl halides is 3. The smallest absolute Gasteiger partial charge is 0.253 e. The number of amides is 1. The molecule has 0 aliphatic carbocycles. The van der Waals surface area contributed by atoms with Crippen molar-refractivity contribution in [1.82, 2.24) is 10.6 Å². The Hall–Kier alpha value is -1.53. The third kappa shape index (κ3) is 6.04. The van der Waals surface area contributed by atoms with Crippen molar-refractivity contribution in [2.75, 3.05) is 5.32 Å². The van der Waals surface area contributed by atoms with E-state index in [0.29, 0.717) is 5.56 Å². The van der Waals surface area contributed by atoms with Gasteiger partial charge >= 0.3 is 0 Å². The maximum absolute atomic E-state index is 12.5. The van der Waals surface area contributed by atoms with E-state index in [4.69, 9.17) is 47.0 Å². The van der Waals surface area contributed by atoms with Gasteiger partial charge in [-0.25, -0.2) is 0 Å². The summed E-state index contributed by atoms with van der Waals surface area (Å²) >= 11 is 23.2. The minimum absolute atomic E-state index is 0.215. The van der Waals surface area contributed by atoms with Gasteiger partial charge in [0.2, 0.25) is 3.79 Å². The van der Waals surface area contributed by atoms with Gasteiger partial charge in [-0.05, 0) is 42.9 Å².